The first kappa shape index (κ1) is 22.9. The maximum atomic E-state index is 12.3. The number of aryl methyl sites for hydroxylation is 1. The summed E-state index contributed by atoms with van der Waals surface area (Å²) in [4.78, 5) is 32.7. The lowest BCUT2D eigenvalue weighted by molar-refractivity contribution is 0.318. The van der Waals surface area contributed by atoms with Crippen molar-refractivity contribution in [2.45, 2.75) is 33.1 Å². The zero-order valence-electron chi connectivity index (χ0n) is 18.7. The van der Waals surface area contributed by atoms with E-state index in [2.05, 4.69) is 47.3 Å². The number of pyridine rings is 1. The molecular weight excluding hydrogens is 404 g/mol. The first-order valence-corrected chi connectivity index (χ1v) is 10.2. The molecule has 2 aromatic heterocycles. The quantitative estimate of drug-likeness (QED) is 0.310. The van der Waals surface area contributed by atoms with Gasteiger partial charge in [0.05, 0.1) is 0 Å². The molecule has 1 unspecified atom stereocenters. The van der Waals surface area contributed by atoms with Crippen LogP contribution in [0.4, 0.5) is 5.95 Å². The van der Waals surface area contributed by atoms with Crippen LogP contribution in [0.25, 0.3) is 11.1 Å². The molecule has 1 aromatic carbocycles. The molecule has 0 amide bonds. The van der Waals surface area contributed by atoms with Gasteiger partial charge in [0.15, 0.2) is 0 Å². The van der Waals surface area contributed by atoms with E-state index in [1.54, 1.807) is 31.5 Å². The second kappa shape index (κ2) is 9.15. The molecule has 0 fully saturated rings. The van der Waals surface area contributed by atoms with E-state index in [1.807, 2.05) is 24.3 Å². The van der Waals surface area contributed by atoms with Crippen molar-refractivity contribution in [2.24, 2.45) is 16.8 Å². The van der Waals surface area contributed by atoms with Crippen LogP contribution in [-0.4, -0.2) is 20.8 Å². The lowest BCUT2D eigenvalue weighted by atomic mass is 9.71. The van der Waals surface area contributed by atoms with E-state index >= 15 is 0 Å². The predicted octanol–water partition coefficient (Wildman–Crippen LogP) is 3.49. The Balaban J connectivity index is 1.99. The third kappa shape index (κ3) is 4.45. The summed E-state index contributed by atoms with van der Waals surface area (Å²) in [6, 6.07) is 11.4. The minimum absolute atomic E-state index is 0.0127. The van der Waals surface area contributed by atoms with Crippen LogP contribution < -0.4 is 17.2 Å². The Bertz CT molecular complexity index is 1200. The summed E-state index contributed by atoms with van der Waals surface area (Å²) in [5.74, 6) is 5.85. The summed E-state index contributed by atoms with van der Waals surface area (Å²) in [5, 5.41) is 0. The largest absolute Gasteiger partial charge is 0.390 e. The number of aliphatic imine (C=N–C) groups is 1. The van der Waals surface area contributed by atoms with Crippen molar-refractivity contribution in [2.75, 3.05) is 5.73 Å². The van der Waals surface area contributed by atoms with Gasteiger partial charge in [-0.05, 0) is 43.0 Å². The molecule has 3 aromatic rings. The zero-order chi connectivity index (χ0) is 23.5. The molecular formula is C24H28N6O2. The maximum Gasteiger partial charge on any atom is 0.260 e. The Kier molecular flexibility index (Phi) is 6.55. The van der Waals surface area contributed by atoms with E-state index in [0.29, 0.717) is 5.70 Å². The monoisotopic (exact) mass is 432 g/mol. The first-order valence-electron chi connectivity index (χ1n) is 10.2. The second-order valence-corrected chi connectivity index (χ2v) is 8.13. The fourth-order valence-electron chi connectivity index (χ4n) is 3.46. The Hall–Kier alpha value is -3.78. The van der Waals surface area contributed by atoms with Crippen LogP contribution in [0.15, 0.2) is 70.9 Å². The predicted molar refractivity (Wildman–Crippen MR) is 127 cm³/mol. The molecule has 0 aliphatic carbocycles. The number of nitrogens with two attached hydrogens (primary N) is 2. The van der Waals surface area contributed by atoms with Crippen molar-refractivity contribution in [1.29, 1.82) is 0 Å². The molecule has 0 saturated carbocycles. The van der Waals surface area contributed by atoms with Gasteiger partial charge in [-0.15, -0.1) is 0 Å². The van der Waals surface area contributed by atoms with Crippen LogP contribution >= 0.6 is 0 Å². The third-order valence-electron chi connectivity index (χ3n) is 5.88. The van der Waals surface area contributed by atoms with Crippen molar-refractivity contribution < 1.29 is 4.84 Å². The Morgan fingerprint density at radius 2 is 1.75 bits per heavy atom. The molecule has 0 radical (unpaired) electrons. The normalized spacial score (nSPS) is 13.6. The molecule has 0 aliphatic rings. The topological polar surface area (TPSA) is 132 Å². The van der Waals surface area contributed by atoms with Gasteiger partial charge in [-0.2, -0.15) is 5.90 Å². The lowest BCUT2D eigenvalue weighted by Crippen LogP contribution is -2.31. The van der Waals surface area contributed by atoms with Crippen LogP contribution in [0.2, 0.25) is 0 Å². The second-order valence-electron chi connectivity index (χ2n) is 8.13. The highest BCUT2D eigenvalue weighted by Gasteiger charge is 2.34. The molecule has 0 bridgehead atoms. The third-order valence-corrected chi connectivity index (χ3v) is 5.88. The standard InChI is InChI=1S/C24H28N6O2/c1-14(2)24(5,16(4)30-22(32-26)20-11-6-15(3)29-21(20)31)19-9-7-17(8-10-19)18-12-27-23(25)28-13-18/h6-14H,4,26H2,1-3,5H3,(H,29,31)(H2,25,27,28). The Morgan fingerprint density at radius 1 is 1.12 bits per heavy atom. The number of hydrogen-bond acceptors (Lipinski definition) is 7. The molecule has 0 spiro atoms. The Morgan fingerprint density at radius 3 is 2.28 bits per heavy atom. The smallest absolute Gasteiger partial charge is 0.260 e. The highest BCUT2D eigenvalue weighted by atomic mass is 16.6. The van der Waals surface area contributed by atoms with Gasteiger partial charge in [-0.1, -0.05) is 44.7 Å². The van der Waals surface area contributed by atoms with Crippen LogP contribution in [-0.2, 0) is 10.3 Å². The average molecular weight is 433 g/mol. The van der Waals surface area contributed by atoms with Gasteiger partial charge in [0.1, 0.15) is 5.56 Å². The van der Waals surface area contributed by atoms with E-state index in [0.717, 1.165) is 22.4 Å². The number of H-pyrrole nitrogens is 1. The molecule has 3 rings (SSSR count). The van der Waals surface area contributed by atoms with Gasteiger partial charge in [0.2, 0.25) is 5.95 Å². The Labute approximate surface area is 187 Å². The number of nitrogens with zero attached hydrogens (tertiary/aromatic N) is 3. The summed E-state index contributed by atoms with van der Waals surface area (Å²) in [5.41, 5.74) is 9.04. The minimum Gasteiger partial charge on any atom is -0.390 e. The van der Waals surface area contributed by atoms with Gasteiger partial charge >= 0.3 is 0 Å². The molecule has 0 saturated heterocycles. The van der Waals surface area contributed by atoms with E-state index in [-0.39, 0.29) is 28.9 Å². The van der Waals surface area contributed by atoms with Gasteiger partial charge in [-0.25, -0.2) is 15.0 Å². The van der Waals surface area contributed by atoms with Gasteiger partial charge < -0.3 is 15.6 Å². The minimum atomic E-state index is -0.544. The number of benzene rings is 1. The average Bonchev–Trinajstić information content (AvgIpc) is 2.77. The van der Waals surface area contributed by atoms with Gasteiger partial charge in [-0.3, -0.25) is 4.79 Å². The van der Waals surface area contributed by atoms with Crippen molar-refractivity contribution in [3.8, 4) is 11.1 Å². The fourth-order valence-corrected chi connectivity index (χ4v) is 3.46. The number of nitrogen functional groups attached to an aromatic ring is 1. The molecule has 166 valence electrons. The summed E-state index contributed by atoms with van der Waals surface area (Å²) in [6.45, 7) is 12.2. The molecule has 32 heavy (non-hydrogen) atoms. The summed E-state index contributed by atoms with van der Waals surface area (Å²) in [7, 11) is 0. The number of anilines is 1. The molecule has 1 atom stereocenters. The van der Waals surface area contributed by atoms with Crippen LogP contribution in [0.1, 0.15) is 37.6 Å². The number of rotatable bonds is 6. The summed E-state index contributed by atoms with van der Waals surface area (Å²) < 4.78 is 0. The molecule has 5 N–H and O–H groups in total. The van der Waals surface area contributed by atoms with E-state index in [9.17, 15) is 4.79 Å². The first-order chi connectivity index (χ1) is 15.2. The zero-order valence-corrected chi connectivity index (χ0v) is 18.7. The van der Waals surface area contributed by atoms with E-state index in [4.69, 9.17) is 16.5 Å². The van der Waals surface area contributed by atoms with Gasteiger partial charge in [0, 0.05) is 34.8 Å². The highest BCUT2D eigenvalue weighted by Crippen LogP contribution is 2.39. The van der Waals surface area contributed by atoms with E-state index < -0.39 is 5.41 Å². The lowest BCUT2D eigenvalue weighted by Gasteiger charge is -2.34. The molecule has 2 heterocycles. The number of nitrogens with one attached hydrogen (secondary N) is 1. The molecule has 8 heteroatoms. The van der Waals surface area contributed by atoms with E-state index in [1.165, 1.54) is 0 Å². The van der Waals surface area contributed by atoms with Crippen LogP contribution in [0.3, 0.4) is 0 Å². The van der Waals surface area contributed by atoms with Crippen LogP contribution in [0, 0.1) is 12.8 Å². The van der Waals surface area contributed by atoms with Crippen molar-refractivity contribution in [3.05, 3.63) is 88.2 Å². The maximum absolute atomic E-state index is 12.3. The highest BCUT2D eigenvalue weighted by molar-refractivity contribution is 5.94. The number of allylic oxidation sites excluding steroid dienone is 1. The summed E-state index contributed by atoms with van der Waals surface area (Å²) in [6.07, 6.45) is 3.37. The number of aromatic nitrogens is 3. The van der Waals surface area contributed by atoms with Crippen molar-refractivity contribution in [1.82, 2.24) is 15.0 Å². The van der Waals surface area contributed by atoms with Crippen LogP contribution in [0.5, 0.6) is 0 Å². The van der Waals surface area contributed by atoms with Gasteiger partial charge in [0.25, 0.3) is 11.5 Å². The van der Waals surface area contributed by atoms with Crippen molar-refractivity contribution >= 4 is 11.8 Å². The number of hydrogen-bond donors (Lipinski definition) is 3. The summed E-state index contributed by atoms with van der Waals surface area (Å²) >= 11 is 0. The fraction of sp³-hybridized carbons (Fsp3) is 0.250. The molecule has 8 nitrogen and oxygen atoms in total. The number of aromatic amines is 1. The van der Waals surface area contributed by atoms with Crippen molar-refractivity contribution in [3.63, 3.8) is 0 Å². The SMILES string of the molecule is C=C(N=C(ON)c1ccc(C)[nH]c1=O)C(C)(c1ccc(-c2cnc(N)nc2)cc1)C(C)C. The molecule has 0 aliphatic heterocycles.